The monoisotopic (exact) mass is 201 g/mol. The van der Waals surface area contributed by atoms with Gasteiger partial charge in [-0.25, -0.2) is 4.98 Å². The topological polar surface area (TPSA) is 57.8 Å². The molecule has 0 saturated heterocycles. The molecule has 4 nitrogen and oxygen atoms in total. The van der Waals surface area contributed by atoms with E-state index in [1.54, 1.807) is 24.5 Å². The molecule has 0 fully saturated rings. The van der Waals surface area contributed by atoms with Crippen molar-refractivity contribution < 1.29 is 4.79 Å². The molecule has 2 N–H and O–H groups in total. The van der Waals surface area contributed by atoms with E-state index < -0.39 is 0 Å². The quantitative estimate of drug-likeness (QED) is 0.780. The van der Waals surface area contributed by atoms with Crippen LogP contribution in [0.1, 0.15) is 16.1 Å². The summed E-state index contributed by atoms with van der Waals surface area (Å²) in [6.45, 7) is 1.90. The van der Waals surface area contributed by atoms with Gasteiger partial charge in [-0.15, -0.1) is 0 Å². The number of H-pyrrole nitrogens is 1. The third-order valence-corrected chi connectivity index (χ3v) is 2.08. The van der Waals surface area contributed by atoms with Crippen LogP contribution in [0, 0.1) is 6.92 Å². The molecule has 15 heavy (non-hydrogen) atoms. The van der Waals surface area contributed by atoms with Gasteiger partial charge in [-0.2, -0.15) is 0 Å². The van der Waals surface area contributed by atoms with E-state index in [0.29, 0.717) is 11.5 Å². The summed E-state index contributed by atoms with van der Waals surface area (Å²) in [6, 6.07) is 7.23. The van der Waals surface area contributed by atoms with Crippen LogP contribution in [0.3, 0.4) is 0 Å². The fourth-order valence-corrected chi connectivity index (χ4v) is 1.26. The number of aryl methyl sites for hydroxylation is 1. The molecule has 2 rings (SSSR count). The maximum absolute atomic E-state index is 11.6. The predicted octanol–water partition coefficient (Wildman–Crippen LogP) is 1.97. The minimum Gasteiger partial charge on any atom is -0.357 e. The molecular weight excluding hydrogens is 190 g/mol. The summed E-state index contributed by atoms with van der Waals surface area (Å²) in [5.74, 6) is 0.416. The molecular formula is C11H11N3O. The molecule has 0 aliphatic carbocycles. The largest absolute Gasteiger partial charge is 0.357 e. The number of rotatable bonds is 2. The average Bonchev–Trinajstić information content (AvgIpc) is 2.74. The van der Waals surface area contributed by atoms with E-state index in [9.17, 15) is 4.79 Å². The number of hydrogen-bond acceptors (Lipinski definition) is 2. The van der Waals surface area contributed by atoms with E-state index in [1.165, 1.54) is 0 Å². The first-order valence-electron chi connectivity index (χ1n) is 4.64. The standard InChI is InChI=1S/C11H11N3O/c1-8-4-2-7-13-10(8)14-11(15)9-5-3-6-12-9/h2-7,12H,1H3,(H,13,14,15). The van der Waals surface area contributed by atoms with Gasteiger partial charge in [0.1, 0.15) is 11.5 Å². The lowest BCUT2D eigenvalue weighted by molar-refractivity contribution is 0.102. The van der Waals surface area contributed by atoms with Crippen LogP contribution in [-0.2, 0) is 0 Å². The molecule has 0 unspecified atom stereocenters. The van der Waals surface area contributed by atoms with Crippen LogP contribution in [0.4, 0.5) is 5.82 Å². The number of carbonyl (C=O) groups is 1. The van der Waals surface area contributed by atoms with E-state index in [1.807, 2.05) is 19.1 Å². The molecule has 0 aliphatic rings. The van der Waals surface area contributed by atoms with Crippen molar-refractivity contribution in [1.82, 2.24) is 9.97 Å². The number of anilines is 1. The summed E-state index contributed by atoms with van der Waals surface area (Å²) in [5.41, 5.74) is 1.47. The maximum atomic E-state index is 11.6. The molecule has 76 valence electrons. The fourth-order valence-electron chi connectivity index (χ4n) is 1.26. The molecule has 0 aliphatic heterocycles. The zero-order valence-electron chi connectivity index (χ0n) is 8.32. The van der Waals surface area contributed by atoms with Crippen molar-refractivity contribution in [1.29, 1.82) is 0 Å². The summed E-state index contributed by atoms with van der Waals surface area (Å²) in [4.78, 5) is 18.6. The SMILES string of the molecule is Cc1cccnc1NC(=O)c1ccc[nH]1. The van der Waals surface area contributed by atoms with Gasteiger partial charge in [-0.1, -0.05) is 6.07 Å². The number of carbonyl (C=O) groups excluding carboxylic acids is 1. The lowest BCUT2D eigenvalue weighted by Crippen LogP contribution is -2.14. The number of nitrogens with one attached hydrogen (secondary N) is 2. The highest BCUT2D eigenvalue weighted by Gasteiger charge is 2.07. The molecule has 0 radical (unpaired) electrons. The zero-order chi connectivity index (χ0) is 10.7. The van der Waals surface area contributed by atoms with Crippen LogP contribution in [0.2, 0.25) is 0 Å². The van der Waals surface area contributed by atoms with Crippen molar-refractivity contribution >= 4 is 11.7 Å². The summed E-state index contributed by atoms with van der Waals surface area (Å²) in [5, 5.41) is 2.73. The second-order valence-electron chi connectivity index (χ2n) is 3.21. The Kier molecular flexibility index (Phi) is 2.49. The van der Waals surface area contributed by atoms with E-state index in [2.05, 4.69) is 15.3 Å². The highest BCUT2D eigenvalue weighted by molar-refractivity contribution is 6.02. The molecule has 0 spiro atoms. The van der Waals surface area contributed by atoms with E-state index in [-0.39, 0.29) is 5.91 Å². The fraction of sp³-hybridized carbons (Fsp3) is 0.0909. The molecule has 4 heteroatoms. The minimum absolute atomic E-state index is 0.179. The van der Waals surface area contributed by atoms with Gasteiger partial charge < -0.3 is 10.3 Å². The second-order valence-corrected chi connectivity index (χ2v) is 3.21. The highest BCUT2D eigenvalue weighted by Crippen LogP contribution is 2.10. The minimum atomic E-state index is -0.179. The number of pyridine rings is 1. The van der Waals surface area contributed by atoms with Crippen LogP contribution in [-0.4, -0.2) is 15.9 Å². The van der Waals surface area contributed by atoms with Crippen molar-refractivity contribution in [3.05, 3.63) is 47.9 Å². The van der Waals surface area contributed by atoms with Crippen LogP contribution in [0.15, 0.2) is 36.7 Å². The number of nitrogens with zero attached hydrogens (tertiary/aromatic N) is 1. The number of amides is 1. The molecule has 2 heterocycles. The van der Waals surface area contributed by atoms with Gasteiger partial charge in [0, 0.05) is 12.4 Å². The Hall–Kier alpha value is -2.10. The van der Waals surface area contributed by atoms with Gasteiger partial charge in [0.05, 0.1) is 0 Å². The smallest absolute Gasteiger partial charge is 0.273 e. The molecule has 0 atom stereocenters. The Morgan fingerprint density at radius 1 is 1.40 bits per heavy atom. The average molecular weight is 201 g/mol. The third kappa shape index (κ3) is 2.04. The van der Waals surface area contributed by atoms with E-state index >= 15 is 0 Å². The Labute approximate surface area is 87.4 Å². The van der Waals surface area contributed by atoms with Gasteiger partial charge in [0.25, 0.3) is 5.91 Å². The second kappa shape index (κ2) is 3.96. The lowest BCUT2D eigenvalue weighted by atomic mass is 10.3. The number of aromatic nitrogens is 2. The van der Waals surface area contributed by atoms with Crippen LogP contribution < -0.4 is 5.32 Å². The molecule has 0 saturated carbocycles. The first kappa shape index (κ1) is 9.45. The first-order chi connectivity index (χ1) is 7.27. The van der Waals surface area contributed by atoms with Gasteiger partial charge >= 0.3 is 0 Å². The predicted molar refractivity (Wildman–Crippen MR) is 57.7 cm³/mol. The summed E-state index contributed by atoms with van der Waals surface area (Å²) in [7, 11) is 0. The normalized spacial score (nSPS) is 9.93. The van der Waals surface area contributed by atoms with Gasteiger partial charge in [0.2, 0.25) is 0 Å². The summed E-state index contributed by atoms with van der Waals surface area (Å²) in [6.07, 6.45) is 3.36. The Morgan fingerprint density at radius 2 is 2.27 bits per heavy atom. The molecule has 2 aromatic rings. The Bertz CT molecular complexity index is 462. The molecule has 0 bridgehead atoms. The van der Waals surface area contributed by atoms with Crippen LogP contribution in [0.5, 0.6) is 0 Å². The molecule has 1 amide bonds. The van der Waals surface area contributed by atoms with Crippen molar-refractivity contribution in [2.75, 3.05) is 5.32 Å². The van der Waals surface area contributed by atoms with Crippen LogP contribution >= 0.6 is 0 Å². The first-order valence-corrected chi connectivity index (χ1v) is 4.64. The van der Waals surface area contributed by atoms with Crippen LogP contribution in [0.25, 0.3) is 0 Å². The van der Waals surface area contributed by atoms with Gasteiger partial charge in [-0.3, -0.25) is 4.79 Å². The Morgan fingerprint density at radius 3 is 2.93 bits per heavy atom. The summed E-state index contributed by atoms with van der Waals surface area (Å²) >= 11 is 0. The lowest BCUT2D eigenvalue weighted by Gasteiger charge is -2.05. The Balaban J connectivity index is 2.17. The third-order valence-electron chi connectivity index (χ3n) is 2.08. The van der Waals surface area contributed by atoms with E-state index in [4.69, 9.17) is 0 Å². The van der Waals surface area contributed by atoms with Gasteiger partial charge in [0.15, 0.2) is 0 Å². The van der Waals surface area contributed by atoms with Crippen molar-refractivity contribution in [2.45, 2.75) is 6.92 Å². The molecule has 2 aromatic heterocycles. The molecule has 0 aromatic carbocycles. The number of aromatic amines is 1. The summed E-state index contributed by atoms with van der Waals surface area (Å²) < 4.78 is 0. The highest BCUT2D eigenvalue weighted by atomic mass is 16.1. The van der Waals surface area contributed by atoms with E-state index in [0.717, 1.165) is 5.56 Å². The van der Waals surface area contributed by atoms with Crippen molar-refractivity contribution in [3.63, 3.8) is 0 Å². The maximum Gasteiger partial charge on any atom is 0.273 e. The van der Waals surface area contributed by atoms with Crippen molar-refractivity contribution in [2.24, 2.45) is 0 Å². The van der Waals surface area contributed by atoms with Gasteiger partial charge in [-0.05, 0) is 30.7 Å². The number of hydrogen-bond donors (Lipinski definition) is 2. The van der Waals surface area contributed by atoms with Crippen molar-refractivity contribution in [3.8, 4) is 0 Å². The zero-order valence-corrected chi connectivity index (χ0v) is 8.32.